The molecule has 0 aliphatic carbocycles. The topological polar surface area (TPSA) is 63.7 Å². The number of carbonyl (C=O) groups excluding carboxylic acids is 3. The maximum atomic E-state index is 12.3. The van der Waals surface area contributed by atoms with Crippen LogP contribution in [0.15, 0.2) is 24.3 Å². The van der Waals surface area contributed by atoms with Gasteiger partial charge in [-0.2, -0.15) is 0 Å². The van der Waals surface area contributed by atoms with E-state index in [2.05, 4.69) is 33.9 Å². The van der Waals surface area contributed by atoms with E-state index < -0.39 is 8.32 Å². The molecule has 1 heterocycles. The van der Waals surface area contributed by atoms with Crippen LogP contribution in [-0.4, -0.2) is 44.0 Å². The minimum Gasteiger partial charge on any atom is -0.410 e. The Balaban J connectivity index is 1.81. The Morgan fingerprint density at radius 2 is 1.60 bits per heavy atom. The standard InChI is InChI=1S/C19H27NO4Si/c1-19(2,3)25(4,5)24-13-14(21)9-8-12-20-17(22)15-10-6-7-11-16(15)18(20)23/h6-7,10-11H,8-9,12-13H2,1-5H3. The summed E-state index contributed by atoms with van der Waals surface area (Å²) in [7, 11) is -1.94. The molecule has 2 amide bonds. The summed E-state index contributed by atoms with van der Waals surface area (Å²) >= 11 is 0. The first-order valence-electron chi connectivity index (χ1n) is 8.65. The van der Waals surface area contributed by atoms with Crippen molar-refractivity contribution in [3.8, 4) is 0 Å². The van der Waals surface area contributed by atoms with Crippen molar-refractivity contribution < 1.29 is 18.8 Å². The Morgan fingerprint density at radius 1 is 1.08 bits per heavy atom. The highest BCUT2D eigenvalue weighted by Crippen LogP contribution is 2.36. The Hall–Kier alpha value is -1.79. The smallest absolute Gasteiger partial charge is 0.261 e. The minimum atomic E-state index is -1.94. The molecule has 0 spiro atoms. The number of rotatable bonds is 7. The van der Waals surface area contributed by atoms with Crippen molar-refractivity contribution in [3.05, 3.63) is 35.4 Å². The van der Waals surface area contributed by atoms with Crippen molar-refractivity contribution in [2.75, 3.05) is 13.2 Å². The van der Waals surface area contributed by atoms with E-state index in [0.29, 0.717) is 24.0 Å². The van der Waals surface area contributed by atoms with Gasteiger partial charge in [0.2, 0.25) is 0 Å². The number of hydrogen-bond donors (Lipinski definition) is 0. The summed E-state index contributed by atoms with van der Waals surface area (Å²) in [5, 5.41) is 0.0629. The predicted octanol–water partition coefficient (Wildman–Crippen LogP) is 3.65. The first-order chi connectivity index (χ1) is 11.5. The monoisotopic (exact) mass is 361 g/mol. The van der Waals surface area contributed by atoms with Gasteiger partial charge in [0.1, 0.15) is 0 Å². The van der Waals surface area contributed by atoms with Gasteiger partial charge in [-0.3, -0.25) is 19.3 Å². The zero-order valence-corrected chi connectivity index (χ0v) is 16.7. The molecule has 1 aliphatic heterocycles. The van der Waals surface area contributed by atoms with E-state index in [-0.39, 0.29) is 35.8 Å². The summed E-state index contributed by atoms with van der Waals surface area (Å²) in [6.07, 6.45) is 0.771. The fourth-order valence-electron chi connectivity index (χ4n) is 2.43. The van der Waals surface area contributed by atoms with E-state index in [9.17, 15) is 14.4 Å². The Labute approximate surface area is 150 Å². The van der Waals surface area contributed by atoms with Gasteiger partial charge >= 0.3 is 0 Å². The number of carbonyl (C=O) groups is 3. The van der Waals surface area contributed by atoms with E-state index in [1.165, 1.54) is 4.90 Å². The summed E-state index contributed by atoms with van der Waals surface area (Å²) in [6.45, 7) is 11.0. The highest BCUT2D eigenvalue weighted by atomic mass is 28.4. The molecule has 1 aromatic rings. The first-order valence-corrected chi connectivity index (χ1v) is 11.6. The number of Topliss-reactive ketones (excluding diaryl/α,β-unsaturated/α-hetero) is 1. The van der Waals surface area contributed by atoms with E-state index in [4.69, 9.17) is 4.43 Å². The van der Waals surface area contributed by atoms with Crippen LogP contribution < -0.4 is 0 Å². The van der Waals surface area contributed by atoms with Gasteiger partial charge in [-0.15, -0.1) is 0 Å². The number of hydrogen-bond acceptors (Lipinski definition) is 4. The molecule has 0 aromatic heterocycles. The van der Waals surface area contributed by atoms with Crippen LogP contribution in [0, 0.1) is 0 Å². The van der Waals surface area contributed by atoms with Gasteiger partial charge in [0.25, 0.3) is 11.8 Å². The average molecular weight is 362 g/mol. The molecule has 2 rings (SSSR count). The lowest BCUT2D eigenvalue weighted by Gasteiger charge is -2.35. The predicted molar refractivity (Wildman–Crippen MR) is 99.2 cm³/mol. The molecule has 0 radical (unpaired) electrons. The van der Waals surface area contributed by atoms with Crippen LogP contribution in [0.3, 0.4) is 0 Å². The Morgan fingerprint density at radius 3 is 2.08 bits per heavy atom. The lowest BCUT2D eigenvalue weighted by Crippen LogP contribution is -2.42. The van der Waals surface area contributed by atoms with E-state index in [0.717, 1.165) is 0 Å². The summed E-state index contributed by atoms with van der Waals surface area (Å²) < 4.78 is 5.91. The minimum absolute atomic E-state index is 0.0152. The molecule has 0 bridgehead atoms. The fourth-order valence-corrected chi connectivity index (χ4v) is 3.38. The highest BCUT2D eigenvalue weighted by molar-refractivity contribution is 6.74. The quantitative estimate of drug-likeness (QED) is 0.549. The molecule has 6 heteroatoms. The summed E-state index contributed by atoms with van der Waals surface area (Å²) in [5.74, 6) is -0.530. The maximum Gasteiger partial charge on any atom is 0.261 e. The SMILES string of the molecule is CC(C)(C)[Si](C)(C)OCC(=O)CCCN1C(=O)c2ccccc2C1=O. The normalized spacial score (nSPS) is 14.8. The van der Waals surface area contributed by atoms with Crippen LogP contribution in [0.25, 0.3) is 0 Å². The van der Waals surface area contributed by atoms with E-state index >= 15 is 0 Å². The third-order valence-electron chi connectivity index (χ3n) is 5.12. The lowest BCUT2D eigenvalue weighted by atomic mass is 10.1. The van der Waals surface area contributed by atoms with Crippen molar-refractivity contribution in [1.82, 2.24) is 4.90 Å². The van der Waals surface area contributed by atoms with E-state index in [1.54, 1.807) is 24.3 Å². The second-order valence-electron chi connectivity index (χ2n) is 8.00. The first kappa shape index (κ1) is 19.5. The van der Waals surface area contributed by atoms with Gasteiger partial charge in [-0.25, -0.2) is 0 Å². The van der Waals surface area contributed by atoms with Gasteiger partial charge in [-0.05, 0) is 36.7 Å². The molecule has 0 N–H and O–H groups in total. The Kier molecular flexibility index (Phi) is 5.64. The molecule has 25 heavy (non-hydrogen) atoms. The summed E-state index contributed by atoms with van der Waals surface area (Å²) in [6, 6.07) is 6.81. The van der Waals surface area contributed by atoms with Crippen LogP contribution in [-0.2, 0) is 9.22 Å². The number of nitrogens with zero attached hydrogens (tertiary/aromatic N) is 1. The van der Waals surface area contributed by atoms with Crippen LogP contribution >= 0.6 is 0 Å². The molecule has 0 atom stereocenters. The lowest BCUT2D eigenvalue weighted by molar-refractivity contribution is -0.121. The van der Waals surface area contributed by atoms with Gasteiger partial charge in [0, 0.05) is 13.0 Å². The zero-order valence-electron chi connectivity index (χ0n) is 15.7. The van der Waals surface area contributed by atoms with Gasteiger partial charge in [-0.1, -0.05) is 32.9 Å². The molecular formula is C19H27NO4Si. The fraction of sp³-hybridized carbons (Fsp3) is 0.526. The number of ketones is 1. The Bertz CT molecular complexity index is 656. The van der Waals surface area contributed by atoms with Gasteiger partial charge < -0.3 is 4.43 Å². The molecule has 0 fully saturated rings. The third-order valence-corrected chi connectivity index (χ3v) is 9.59. The zero-order chi connectivity index (χ0) is 18.8. The number of benzene rings is 1. The van der Waals surface area contributed by atoms with Crippen LogP contribution in [0.4, 0.5) is 0 Å². The third kappa shape index (κ3) is 4.25. The molecule has 0 saturated carbocycles. The van der Waals surface area contributed by atoms with Gasteiger partial charge in [0.15, 0.2) is 14.1 Å². The maximum absolute atomic E-state index is 12.3. The van der Waals surface area contributed by atoms with Crippen molar-refractivity contribution >= 4 is 25.9 Å². The van der Waals surface area contributed by atoms with Crippen LogP contribution in [0.2, 0.25) is 18.1 Å². The highest BCUT2D eigenvalue weighted by Gasteiger charge is 2.37. The van der Waals surface area contributed by atoms with E-state index in [1.807, 2.05) is 0 Å². The number of imide groups is 1. The summed E-state index contributed by atoms with van der Waals surface area (Å²) in [4.78, 5) is 37.8. The van der Waals surface area contributed by atoms with Crippen LogP contribution in [0.5, 0.6) is 0 Å². The molecule has 1 aromatic carbocycles. The van der Waals surface area contributed by atoms with Crippen molar-refractivity contribution in [2.45, 2.75) is 51.7 Å². The summed E-state index contributed by atoms with van der Waals surface area (Å²) in [5.41, 5.74) is 0.889. The number of fused-ring (bicyclic) bond motifs is 1. The second-order valence-corrected chi connectivity index (χ2v) is 12.8. The molecular weight excluding hydrogens is 334 g/mol. The average Bonchev–Trinajstić information content (AvgIpc) is 2.77. The second kappa shape index (κ2) is 7.21. The molecule has 1 aliphatic rings. The number of amides is 2. The van der Waals surface area contributed by atoms with Crippen molar-refractivity contribution in [1.29, 1.82) is 0 Å². The molecule has 5 nitrogen and oxygen atoms in total. The molecule has 0 unspecified atom stereocenters. The van der Waals surface area contributed by atoms with Crippen LogP contribution in [0.1, 0.15) is 54.3 Å². The van der Waals surface area contributed by atoms with Gasteiger partial charge in [0.05, 0.1) is 17.7 Å². The van der Waals surface area contributed by atoms with Crippen molar-refractivity contribution in [2.24, 2.45) is 0 Å². The molecule has 136 valence electrons. The molecule has 0 saturated heterocycles. The van der Waals surface area contributed by atoms with Crippen molar-refractivity contribution in [3.63, 3.8) is 0 Å². The largest absolute Gasteiger partial charge is 0.410 e.